The lowest BCUT2D eigenvalue weighted by atomic mass is 10.4. The Morgan fingerprint density at radius 2 is 1.67 bits per heavy atom. The van der Waals surface area contributed by atoms with Gasteiger partial charge in [0.15, 0.2) is 0 Å². The molecule has 0 spiro atoms. The summed E-state index contributed by atoms with van der Waals surface area (Å²) in [4.78, 5) is 0. The van der Waals surface area contributed by atoms with Crippen molar-refractivity contribution in [3.63, 3.8) is 0 Å². The van der Waals surface area contributed by atoms with Crippen molar-refractivity contribution in [3.8, 4) is 0 Å². The summed E-state index contributed by atoms with van der Waals surface area (Å²) in [5.74, 6) is -4.24. The summed E-state index contributed by atoms with van der Waals surface area (Å²) in [5.41, 5.74) is 0. The number of aliphatic hydroxyl groups is 1. The maximum Gasteiger partial charge on any atom is 0.329 e. The Bertz CT molecular complexity index is 72.6. The number of hydrogen-bond donors (Lipinski definition) is 1. The lowest BCUT2D eigenvalue weighted by Crippen LogP contribution is -2.30. The number of hydrogen-bond acceptors (Lipinski definition) is 1. The minimum atomic E-state index is -4.24. The third-order valence-electron chi connectivity index (χ3n) is 0.530. The van der Waals surface area contributed by atoms with Crippen LogP contribution in [-0.2, 0) is 0 Å². The first-order chi connectivity index (χ1) is 3.50. The van der Waals surface area contributed by atoms with Gasteiger partial charge >= 0.3 is 12.3 Å². The van der Waals surface area contributed by atoms with Crippen molar-refractivity contribution in [1.29, 1.82) is 0 Å². The molecule has 9 heavy (non-hydrogen) atoms. The van der Waals surface area contributed by atoms with Crippen molar-refractivity contribution in [2.45, 2.75) is 12.3 Å². The van der Waals surface area contributed by atoms with Crippen LogP contribution in [0.15, 0.2) is 0 Å². The van der Waals surface area contributed by atoms with Gasteiger partial charge in [-0.3, -0.25) is 4.70 Å². The fraction of sp³-hybridized carbons (Fsp3) is 1.00. The molecule has 0 heterocycles. The Kier molecular flexibility index (Phi) is 4.57. The molecule has 0 aliphatic heterocycles. The van der Waals surface area contributed by atoms with Crippen LogP contribution in [0.5, 0.6) is 0 Å². The molecule has 0 saturated carbocycles. The van der Waals surface area contributed by atoms with Gasteiger partial charge in [-0.25, -0.2) is 8.78 Å². The lowest BCUT2D eigenvalue weighted by Gasteiger charge is -2.09. The highest BCUT2D eigenvalue weighted by Gasteiger charge is 2.39. The van der Waals surface area contributed by atoms with E-state index in [2.05, 4.69) is 0 Å². The summed E-state index contributed by atoms with van der Waals surface area (Å²) in [6.07, 6.45) is -3.77. The molecule has 0 aromatic heterocycles. The van der Waals surface area contributed by atoms with E-state index in [0.29, 0.717) is 0 Å². The maximum atomic E-state index is 11.3. The van der Waals surface area contributed by atoms with Crippen molar-refractivity contribution >= 4 is 0 Å². The average Bonchev–Trinajstić information content (AvgIpc) is 1.67. The summed E-state index contributed by atoms with van der Waals surface area (Å²) in [7, 11) is 0. The first-order valence-corrected chi connectivity index (χ1v) is 1.77. The topological polar surface area (TPSA) is 20.2 Å². The summed E-state index contributed by atoms with van der Waals surface area (Å²) >= 11 is 0. The van der Waals surface area contributed by atoms with Gasteiger partial charge < -0.3 is 5.11 Å². The minimum absolute atomic E-state index is 0. The number of rotatable bonds is 2. The first kappa shape index (κ1) is 11.4. The Hall–Kier alpha value is -0.390. The molecule has 0 saturated heterocycles. The third kappa shape index (κ3) is 3.23. The molecule has 0 rings (SSSR count). The fourth-order valence-electron chi connectivity index (χ4n) is 0.0690. The van der Waals surface area contributed by atoms with Crippen molar-refractivity contribution in [3.05, 3.63) is 0 Å². The van der Waals surface area contributed by atoms with Gasteiger partial charge in [0, 0.05) is 0 Å². The molecule has 1 nitrogen and oxygen atoms in total. The van der Waals surface area contributed by atoms with E-state index in [0.717, 1.165) is 0 Å². The van der Waals surface area contributed by atoms with E-state index in [1.165, 1.54) is 0 Å². The smallest absolute Gasteiger partial charge is 0.329 e. The highest BCUT2D eigenvalue weighted by molar-refractivity contribution is 4.65. The molecule has 1 N–H and O–H groups in total. The van der Waals surface area contributed by atoms with Crippen molar-refractivity contribution in [1.82, 2.24) is 0 Å². The van der Waals surface area contributed by atoms with Gasteiger partial charge in [-0.05, 0) is 0 Å². The minimum Gasteiger partial charge on any atom is -0.390 e. The molecule has 0 aromatic carbocycles. The molecule has 0 fully saturated rings. The lowest BCUT2D eigenvalue weighted by molar-refractivity contribution is -0.153. The number of alkyl halides is 4. The van der Waals surface area contributed by atoms with E-state index < -0.39 is 19.0 Å². The highest BCUT2D eigenvalue weighted by atomic mass is 19.3. The van der Waals surface area contributed by atoms with Gasteiger partial charge in [0.2, 0.25) is 0 Å². The van der Waals surface area contributed by atoms with Crippen LogP contribution in [0.4, 0.5) is 22.3 Å². The zero-order valence-electron chi connectivity index (χ0n) is 4.15. The normalized spacial score (nSPS) is 11.3. The fourth-order valence-corrected chi connectivity index (χ4v) is 0.0690. The molecule has 0 bridgehead atoms. The largest absolute Gasteiger partial charge is 0.390 e. The Morgan fingerprint density at radius 3 is 1.67 bits per heavy atom. The summed E-state index contributed by atoms with van der Waals surface area (Å²) < 4.78 is 44.4. The Labute approximate surface area is 47.7 Å². The molecule has 58 valence electrons. The third-order valence-corrected chi connectivity index (χ3v) is 0.530. The van der Waals surface area contributed by atoms with Gasteiger partial charge in [0.25, 0.3) is 0 Å². The van der Waals surface area contributed by atoms with Gasteiger partial charge in [0.05, 0.1) is 0 Å². The SMILES string of the molecule is F.OCC(F)(F)C(F)F. The molecule has 0 aromatic rings. The van der Waals surface area contributed by atoms with Crippen LogP contribution in [0, 0.1) is 0 Å². The quantitative estimate of drug-likeness (QED) is 0.586. The zero-order chi connectivity index (χ0) is 6.78. The van der Waals surface area contributed by atoms with E-state index >= 15 is 0 Å². The van der Waals surface area contributed by atoms with Gasteiger partial charge in [0.1, 0.15) is 6.61 Å². The predicted octanol–water partition coefficient (Wildman–Crippen LogP) is 1.03. The van der Waals surface area contributed by atoms with E-state index in [1.807, 2.05) is 0 Å². The van der Waals surface area contributed by atoms with Crippen molar-refractivity contribution in [2.75, 3.05) is 6.61 Å². The summed E-state index contributed by atoms with van der Waals surface area (Å²) in [5, 5.41) is 7.53. The van der Waals surface area contributed by atoms with Gasteiger partial charge in [-0.1, -0.05) is 0 Å². The average molecular weight is 152 g/mol. The molecule has 0 radical (unpaired) electrons. The van der Waals surface area contributed by atoms with Crippen LogP contribution in [-0.4, -0.2) is 24.1 Å². The second-order valence-corrected chi connectivity index (χ2v) is 1.22. The van der Waals surface area contributed by atoms with E-state index in [1.54, 1.807) is 0 Å². The van der Waals surface area contributed by atoms with Crippen molar-refractivity contribution in [2.24, 2.45) is 0 Å². The molecule has 0 atom stereocenters. The van der Waals surface area contributed by atoms with Crippen molar-refractivity contribution < 1.29 is 27.4 Å². The zero-order valence-corrected chi connectivity index (χ0v) is 4.15. The van der Waals surface area contributed by atoms with Crippen LogP contribution >= 0.6 is 0 Å². The highest BCUT2D eigenvalue weighted by Crippen LogP contribution is 2.20. The standard InChI is InChI=1S/C3H4F4O.FH/c4-2(5)3(6,7)1-8;/h2,8H,1H2;1H. The Balaban J connectivity index is 0. The summed E-state index contributed by atoms with van der Waals surface area (Å²) in [6, 6.07) is 0. The number of halogens is 5. The Morgan fingerprint density at radius 1 is 1.33 bits per heavy atom. The summed E-state index contributed by atoms with van der Waals surface area (Å²) in [6.45, 7) is -1.80. The monoisotopic (exact) mass is 152 g/mol. The second-order valence-electron chi connectivity index (χ2n) is 1.22. The molecule has 0 unspecified atom stereocenters. The van der Waals surface area contributed by atoms with Crippen LogP contribution in [0.25, 0.3) is 0 Å². The maximum absolute atomic E-state index is 11.3. The molecule has 0 amide bonds. The molecule has 6 heteroatoms. The first-order valence-electron chi connectivity index (χ1n) is 1.77. The van der Waals surface area contributed by atoms with Gasteiger partial charge in [-0.15, -0.1) is 0 Å². The van der Waals surface area contributed by atoms with Crippen LogP contribution in [0.3, 0.4) is 0 Å². The predicted molar refractivity (Wildman–Crippen MR) is 20.5 cm³/mol. The van der Waals surface area contributed by atoms with E-state index in [9.17, 15) is 17.6 Å². The van der Waals surface area contributed by atoms with Crippen LogP contribution < -0.4 is 0 Å². The molecular formula is C3H5F5O. The molecule has 0 aliphatic carbocycles. The van der Waals surface area contributed by atoms with Crippen LogP contribution in [0.2, 0.25) is 0 Å². The second kappa shape index (κ2) is 3.60. The van der Waals surface area contributed by atoms with Crippen LogP contribution in [0.1, 0.15) is 0 Å². The molecular weight excluding hydrogens is 147 g/mol. The number of aliphatic hydroxyl groups excluding tert-OH is 1. The van der Waals surface area contributed by atoms with E-state index in [-0.39, 0.29) is 4.70 Å². The van der Waals surface area contributed by atoms with Gasteiger partial charge in [-0.2, -0.15) is 8.78 Å². The molecule has 0 aliphatic rings. The van der Waals surface area contributed by atoms with E-state index in [4.69, 9.17) is 5.11 Å².